The average molecular weight is 597 g/mol. The van der Waals surface area contributed by atoms with Crippen LogP contribution in [0.25, 0.3) is 98.4 Å². The topological polar surface area (TPSA) is 13.1 Å². The van der Waals surface area contributed by atoms with Crippen molar-refractivity contribution in [1.82, 2.24) is 0 Å². The summed E-state index contributed by atoms with van der Waals surface area (Å²) in [7, 11) is 0. The highest BCUT2D eigenvalue weighted by Crippen LogP contribution is 2.45. The Balaban J connectivity index is 1.17. The summed E-state index contributed by atoms with van der Waals surface area (Å²) in [5.74, 6) is 0. The van der Waals surface area contributed by atoms with Gasteiger partial charge in [0.25, 0.3) is 0 Å². The predicted molar refractivity (Wildman–Crippen MR) is 200 cm³/mol. The molecule has 0 aliphatic heterocycles. The summed E-state index contributed by atoms with van der Waals surface area (Å²) in [6.07, 6.45) is 0. The van der Waals surface area contributed by atoms with Gasteiger partial charge in [0.1, 0.15) is 11.2 Å². The second-order valence-electron chi connectivity index (χ2n) is 12.5. The lowest BCUT2D eigenvalue weighted by atomic mass is 9.85. The molecule has 218 valence electrons. The van der Waals surface area contributed by atoms with E-state index < -0.39 is 0 Å². The minimum Gasteiger partial charge on any atom is -0.455 e. The van der Waals surface area contributed by atoms with Crippen LogP contribution in [0.15, 0.2) is 174 Å². The van der Waals surface area contributed by atoms with Gasteiger partial charge in [0, 0.05) is 16.2 Å². The molecule has 0 unspecified atom stereocenters. The monoisotopic (exact) mass is 596 g/mol. The van der Waals surface area contributed by atoms with E-state index in [2.05, 4.69) is 170 Å². The van der Waals surface area contributed by atoms with Gasteiger partial charge >= 0.3 is 0 Å². The summed E-state index contributed by atoms with van der Waals surface area (Å²) >= 11 is 0. The van der Waals surface area contributed by atoms with Crippen molar-refractivity contribution in [1.29, 1.82) is 0 Å². The molecular formula is C46H28O. The van der Waals surface area contributed by atoms with Crippen LogP contribution in [0.3, 0.4) is 0 Å². The van der Waals surface area contributed by atoms with Gasteiger partial charge in [0.2, 0.25) is 0 Å². The summed E-state index contributed by atoms with van der Waals surface area (Å²) in [6.45, 7) is 0. The Bertz CT molecular complexity index is 2800. The molecule has 0 aliphatic carbocycles. The molecule has 1 heteroatoms. The van der Waals surface area contributed by atoms with Crippen LogP contribution in [0.2, 0.25) is 0 Å². The zero-order chi connectivity index (χ0) is 30.9. The first-order chi connectivity index (χ1) is 23.3. The van der Waals surface area contributed by atoms with Crippen LogP contribution >= 0.6 is 0 Å². The second kappa shape index (κ2) is 10.2. The Labute approximate surface area is 271 Å². The zero-order valence-electron chi connectivity index (χ0n) is 25.6. The number of fused-ring (bicyclic) bond motifs is 8. The van der Waals surface area contributed by atoms with Gasteiger partial charge in [-0.1, -0.05) is 140 Å². The maximum Gasteiger partial charge on any atom is 0.143 e. The maximum atomic E-state index is 6.54. The van der Waals surface area contributed by atoms with E-state index in [0.717, 1.165) is 32.9 Å². The largest absolute Gasteiger partial charge is 0.455 e. The highest BCUT2D eigenvalue weighted by molar-refractivity contribution is 6.22. The molecule has 0 spiro atoms. The minimum atomic E-state index is 0.912. The fourth-order valence-electron chi connectivity index (χ4n) is 7.63. The van der Waals surface area contributed by atoms with Gasteiger partial charge < -0.3 is 4.42 Å². The van der Waals surface area contributed by atoms with Crippen molar-refractivity contribution in [2.75, 3.05) is 0 Å². The molecule has 9 aromatic carbocycles. The summed E-state index contributed by atoms with van der Waals surface area (Å²) in [4.78, 5) is 0. The van der Waals surface area contributed by atoms with Crippen molar-refractivity contribution < 1.29 is 4.42 Å². The average Bonchev–Trinajstić information content (AvgIpc) is 3.52. The Morgan fingerprint density at radius 1 is 0.277 bits per heavy atom. The third kappa shape index (κ3) is 4.03. The second-order valence-corrected chi connectivity index (χ2v) is 12.5. The molecule has 0 radical (unpaired) electrons. The molecule has 0 fully saturated rings. The number of hydrogen-bond donors (Lipinski definition) is 0. The lowest BCUT2D eigenvalue weighted by Gasteiger charge is -2.18. The summed E-state index contributed by atoms with van der Waals surface area (Å²) in [6, 6.07) is 61.6. The smallest absolute Gasteiger partial charge is 0.143 e. The maximum absolute atomic E-state index is 6.54. The minimum absolute atomic E-state index is 0.912. The first-order valence-corrected chi connectivity index (χ1v) is 16.2. The summed E-state index contributed by atoms with van der Waals surface area (Å²) in [5, 5.41) is 12.2. The molecular weight excluding hydrogens is 569 g/mol. The van der Waals surface area contributed by atoms with Crippen LogP contribution in [0, 0.1) is 0 Å². The number of furan rings is 1. The first kappa shape index (κ1) is 26.1. The molecule has 0 N–H and O–H groups in total. The van der Waals surface area contributed by atoms with Crippen LogP contribution < -0.4 is 0 Å². The summed E-state index contributed by atoms with van der Waals surface area (Å²) in [5.41, 5.74) is 9.16. The highest BCUT2D eigenvalue weighted by atomic mass is 16.3. The van der Waals surface area contributed by atoms with Crippen molar-refractivity contribution in [3.05, 3.63) is 170 Å². The molecule has 0 saturated heterocycles. The van der Waals surface area contributed by atoms with Gasteiger partial charge in [-0.05, 0) is 101 Å². The van der Waals surface area contributed by atoms with Crippen LogP contribution in [-0.2, 0) is 0 Å². The van der Waals surface area contributed by atoms with Crippen LogP contribution in [0.4, 0.5) is 0 Å². The van der Waals surface area contributed by atoms with Crippen molar-refractivity contribution in [2.45, 2.75) is 0 Å². The molecule has 0 atom stereocenters. The number of benzene rings is 9. The third-order valence-electron chi connectivity index (χ3n) is 9.82. The lowest BCUT2D eigenvalue weighted by Crippen LogP contribution is -1.91. The van der Waals surface area contributed by atoms with Gasteiger partial charge in [-0.3, -0.25) is 0 Å². The van der Waals surface area contributed by atoms with Gasteiger partial charge in [0.05, 0.1) is 0 Å². The van der Waals surface area contributed by atoms with E-state index in [1.54, 1.807) is 0 Å². The quantitative estimate of drug-likeness (QED) is 0.185. The molecule has 47 heavy (non-hydrogen) atoms. The van der Waals surface area contributed by atoms with E-state index in [9.17, 15) is 0 Å². The summed E-state index contributed by atoms with van der Waals surface area (Å²) < 4.78 is 6.54. The molecule has 10 aromatic rings. The molecule has 0 saturated carbocycles. The number of rotatable bonds is 3. The predicted octanol–water partition coefficient (Wildman–Crippen LogP) is 13.2. The third-order valence-corrected chi connectivity index (χ3v) is 9.82. The molecule has 0 aliphatic rings. The molecule has 1 heterocycles. The van der Waals surface area contributed by atoms with E-state index >= 15 is 0 Å². The van der Waals surface area contributed by atoms with Crippen LogP contribution in [-0.4, -0.2) is 0 Å². The molecule has 10 rings (SSSR count). The van der Waals surface area contributed by atoms with Crippen molar-refractivity contribution >= 4 is 65.0 Å². The highest BCUT2D eigenvalue weighted by Gasteiger charge is 2.18. The van der Waals surface area contributed by atoms with Gasteiger partial charge in [-0.25, -0.2) is 0 Å². The van der Waals surface area contributed by atoms with E-state index in [1.165, 1.54) is 65.5 Å². The molecule has 1 aromatic heterocycles. The van der Waals surface area contributed by atoms with E-state index in [0.29, 0.717) is 0 Å². The lowest BCUT2D eigenvalue weighted by molar-refractivity contribution is 0.673. The van der Waals surface area contributed by atoms with Gasteiger partial charge in [0.15, 0.2) is 0 Å². The van der Waals surface area contributed by atoms with E-state index in [4.69, 9.17) is 4.42 Å². The molecule has 0 amide bonds. The first-order valence-electron chi connectivity index (χ1n) is 16.2. The van der Waals surface area contributed by atoms with Crippen LogP contribution in [0.5, 0.6) is 0 Å². The Morgan fingerprint density at radius 2 is 0.787 bits per heavy atom. The van der Waals surface area contributed by atoms with Crippen molar-refractivity contribution in [2.24, 2.45) is 0 Å². The SMILES string of the molecule is c1cc(-c2ccc3c(c2)oc2c4ccccc4ccc32)cc(-c2c3ccccc3c(-c3ccc4ccccc4c3)c3ccccc23)c1. The Hall–Kier alpha value is -6.18. The number of hydrogen-bond acceptors (Lipinski definition) is 1. The molecule has 1 nitrogen and oxygen atoms in total. The van der Waals surface area contributed by atoms with Crippen molar-refractivity contribution in [3.8, 4) is 33.4 Å². The fourth-order valence-corrected chi connectivity index (χ4v) is 7.63. The normalized spacial score (nSPS) is 11.8. The van der Waals surface area contributed by atoms with Crippen molar-refractivity contribution in [3.63, 3.8) is 0 Å². The Morgan fingerprint density at radius 3 is 1.51 bits per heavy atom. The fraction of sp³-hybridized carbons (Fsp3) is 0. The Kier molecular flexibility index (Phi) is 5.64. The zero-order valence-corrected chi connectivity index (χ0v) is 25.6. The van der Waals surface area contributed by atoms with E-state index in [1.807, 2.05) is 0 Å². The van der Waals surface area contributed by atoms with Gasteiger partial charge in [-0.2, -0.15) is 0 Å². The van der Waals surface area contributed by atoms with Crippen LogP contribution in [0.1, 0.15) is 0 Å². The van der Waals surface area contributed by atoms with E-state index in [-0.39, 0.29) is 0 Å². The standard InChI is InChI=1S/C46H28O/c1-2-12-31-26-35(21-20-29(31)10-1)45-40-18-7-5-16-38(40)44(39-17-6-8-19-41(39)45)34-14-9-13-32(27-34)33-23-24-37-42-25-22-30-11-3-4-15-36(30)46(42)47-43(37)28-33/h1-28H. The van der Waals surface area contributed by atoms with Gasteiger partial charge in [-0.15, -0.1) is 0 Å². The molecule has 0 bridgehead atoms.